The molecular formula is C15H12O4. The van der Waals surface area contributed by atoms with Crippen LogP contribution < -0.4 is 9.47 Å². The molecule has 4 rings (SSSR count). The SMILES string of the molecule is Oc1ccc2c(c1)C1CC(O2)Oc2ccc(O)cc21. The molecule has 0 saturated heterocycles. The molecule has 4 nitrogen and oxygen atoms in total. The molecule has 0 aromatic heterocycles. The zero-order valence-electron chi connectivity index (χ0n) is 10.0. The van der Waals surface area contributed by atoms with Crippen molar-refractivity contribution >= 4 is 0 Å². The molecule has 19 heavy (non-hydrogen) atoms. The van der Waals surface area contributed by atoms with E-state index in [0.717, 1.165) is 22.6 Å². The Morgan fingerprint density at radius 1 is 0.842 bits per heavy atom. The highest BCUT2D eigenvalue weighted by Crippen LogP contribution is 2.48. The van der Waals surface area contributed by atoms with Crippen LogP contribution in [0.5, 0.6) is 23.0 Å². The van der Waals surface area contributed by atoms with Gasteiger partial charge < -0.3 is 19.7 Å². The summed E-state index contributed by atoms with van der Waals surface area (Å²) in [4.78, 5) is 0. The third-order valence-electron chi connectivity index (χ3n) is 3.68. The van der Waals surface area contributed by atoms with Crippen molar-refractivity contribution in [1.82, 2.24) is 0 Å². The van der Waals surface area contributed by atoms with E-state index in [9.17, 15) is 10.2 Å². The predicted octanol–water partition coefficient (Wildman–Crippen LogP) is 2.73. The Labute approximate surface area is 109 Å². The van der Waals surface area contributed by atoms with E-state index in [1.54, 1.807) is 36.4 Å². The number of aromatic hydroxyl groups is 2. The molecule has 2 heterocycles. The van der Waals surface area contributed by atoms with Gasteiger partial charge in [0.05, 0.1) is 0 Å². The molecule has 2 aliphatic rings. The van der Waals surface area contributed by atoms with E-state index in [1.807, 2.05) is 0 Å². The summed E-state index contributed by atoms with van der Waals surface area (Å²) >= 11 is 0. The molecule has 2 aromatic rings. The van der Waals surface area contributed by atoms with Crippen LogP contribution in [-0.2, 0) is 0 Å². The second-order valence-electron chi connectivity index (χ2n) is 4.90. The third kappa shape index (κ3) is 1.53. The minimum atomic E-state index is -0.306. The Morgan fingerprint density at radius 2 is 1.37 bits per heavy atom. The Hall–Kier alpha value is -2.36. The number of hydrogen-bond donors (Lipinski definition) is 2. The maximum Gasteiger partial charge on any atom is 0.242 e. The number of ether oxygens (including phenoxy) is 2. The fourth-order valence-electron chi connectivity index (χ4n) is 2.85. The van der Waals surface area contributed by atoms with E-state index in [1.165, 1.54) is 0 Å². The Morgan fingerprint density at radius 3 is 1.89 bits per heavy atom. The van der Waals surface area contributed by atoms with Gasteiger partial charge in [-0.3, -0.25) is 0 Å². The van der Waals surface area contributed by atoms with E-state index in [0.29, 0.717) is 6.42 Å². The highest BCUT2D eigenvalue weighted by molar-refractivity contribution is 5.53. The highest BCUT2D eigenvalue weighted by atomic mass is 16.7. The van der Waals surface area contributed by atoms with E-state index < -0.39 is 0 Å². The number of rotatable bonds is 0. The zero-order valence-corrected chi connectivity index (χ0v) is 10.0. The minimum absolute atomic E-state index is 0.0803. The molecule has 0 amide bonds. The molecular weight excluding hydrogens is 244 g/mol. The van der Waals surface area contributed by atoms with Crippen molar-refractivity contribution in [2.45, 2.75) is 18.6 Å². The smallest absolute Gasteiger partial charge is 0.242 e. The fourth-order valence-corrected chi connectivity index (χ4v) is 2.85. The number of fused-ring (bicyclic) bond motifs is 6. The zero-order chi connectivity index (χ0) is 13.0. The van der Waals surface area contributed by atoms with Gasteiger partial charge in [-0.25, -0.2) is 0 Å². The summed E-state index contributed by atoms with van der Waals surface area (Å²) in [5.41, 5.74) is 1.87. The average Bonchev–Trinajstić information content (AvgIpc) is 2.40. The standard InChI is InChI=1S/C15H12O4/c16-8-1-3-13-11(5-8)10-7-15(18-13)19-14-4-2-9(17)6-12(10)14/h1-6,10,15-17H,7H2. The second kappa shape index (κ2) is 3.57. The minimum Gasteiger partial charge on any atom is -0.508 e. The van der Waals surface area contributed by atoms with Crippen LogP contribution in [0, 0.1) is 0 Å². The molecule has 2 N–H and O–H groups in total. The van der Waals surface area contributed by atoms with Crippen LogP contribution in [0.15, 0.2) is 36.4 Å². The molecule has 0 radical (unpaired) electrons. The summed E-state index contributed by atoms with van der Waals surface area (Å²) in [6.45, 7) is 0. The summed E-state index contributed by atoms with van der Waals surface area (Å²) in [6.07, 6.45) is 0.381. The number of hydrogen-bond acceptors (Lipinski definition) is 4. The first-order valence-corrected chi connectivity index (χ1v) is 6.20. The number of phenolic OH excluding ortho intramolecular Hbond substituents is 2. The topological polar surface area (TPSA) is 58.9 Å². The molecule has 2 bridgehead atoms. The molecule has 2 aliphatic heterocycles. The number of benzene rings is 2. The van der Waals surface area contributed by atoms with Crippen molar-refractivity contribution in [3.63, 3.8) is 0 Å². The second-order valence-corrected chi connectivity index (χ2v) is 4.90. The maximum atomic E-state index is 9.65. The van der Waals surface area contributed by atoms with Crippen molar-refractivity contribution in [3.8, 4) is 23.0 Å². The third-order valence-corrected chi connectivity index (χ3v) is 3.68. The van der Waals surface area contributed by atoms with Crippen LogP contribution in [0.25, 0.3) is 0 Å². The van der Waals surface area contributed by atoms with Gasteiger partial charge in [0.2, 0.25) is 6.29 Å². The van der Waals surface area contributed by atoms with E-state index in [4.69, 9.17) is 9.47 Å². The first-order chi connectivity index (χ1) is 9.20. The highest BCUT2D eigenvalue weighted by Gasteiger charge is 2.37. The summed E-state index contributed by atoms with van der Waals surface area (Å²) in [7, 11) is 0. The van der Waals surface area contributed by atoms with E-state index >= 15 is 0 Å². The van der Waals surface area contributed by atoms with Gasteiger partial charge in [-0.15, -0.1) is 0 Å². The van der Waals surface area contributed by atoms with Crippen molar-refractivity contribution in [2.24, 2.45) is 0 Å². The van der Waals surface area contributed by atoms with Gasteiger partial charge in [0, 0.05) is 23.5 Å². The van der Waals surface area contributed by atoms with Gasteiger partial charge in [-0.05, 0) is 36.4 Å². The predicted molar refractivity (Wildman–Crippen MR) is 67.7 cm³/mol. The molecule has 0 unspecified atom stereocenters. The largest absolute Gasteiger partial charge is 0.508 e. The molecule has 0 aliphatic carbocycles. The molecule has 0 spiro atoms. The Bertz CT molecular complexity index is 610. The Balaban J connectivity index is 1.93. The molecule has 0 fully saturated rings. The average molecular weight is 256 g/mol. The summed E-state index contributed by atoms with van der Waals surface area (Å²) < 4.78 is 11.5. The first-order valence-electron chi connectivity index (χ1n) is 6.20. The molecule has 2 aromatic carbocycles. The van der Waals surface area contributed by atoms with Crippen LogP contribution in [0.3, 0.4) is 0 Å². The van der Waals surface area contributed by atoms with Gasteiger partial charge in [0.1, 0.15) is 23.0 Å². The first kappa shape index (κ1) is 10.6. The lowest BCUT2D eigenvalue weighted by Crippen LogP contribution is -2.35. The van der Waals surface area contributed by atoms with Crippen LogP contribution in [0.4, 0.5) is 0 Å². The summed E-state index contributed by atoms with van der Waals surface area (Å²) in [5, 5.41) is 19.3. The normalized spacial score (nSPS) is 22.7. The van der Waals surface area contributed by atoms with Gasteiger partial charge in [-0.1, -0.05) is 0 Å². The molecule has 0 atom stereocenters. The number of phenols is 2. The van der Waals surface area contributed by atoms with Crippen LogP contribution in [0.2, 0.25) is 0 Å². The van der Waals surface area contributed by atoms with Crippen LogP contribution >= 0.6 is 0 Å². The van der Waals surface area contributed by atoms with Crippen molar-refractivity contribution in [2.75, 3.05) is 0 Å². The maximum absolute atomic E-state index is 9.65. The Kier molecular flexibility index (Phi) is 1.98. The summed E-state index contributed by atoms with van der Waals surface area (Å²) in [6, 6.07) is 10.1. The van der Waals surface area contributed by atoms with Gasteiger partial charge >= 0.3 is 0 Å². The fraction of sp³-hybridized carbons (Fsp3) is 0.200. The molecule has 4 heteroatoms. The quantitative estimate of drug-likeness (QED) is 0.761. The van der Waals surface area contributed by atoms with Gasteiger partial charge in [0.15, 0.2) is 0 Å². The van der Waals surface area contributed by atoms with E-state index in [2.05, 4.69) is 0 Å². The lowest BCUT2D eigenvalue weighted by atomic mass is 9.84. The van der Waals surface area contributed by atoms with Crippen LogP contribution in [-0.4, -0.2) is 16.5 Å². The molecule has 0 saturated carbocycles. The van der Waals surface area contributed by atoms with E-state index in [-0.39, 0.29) is 23.7 Å². The summed E-state index contributed by atoms with van der Waals surface area (Å²) in [5.74, 6) is 1.97. The van der Waals surface area contributed by atoms with Crippen molar-refractivity contribution < 1.29 is 19.7 Å². The van der Waals surface area contributed by atoms with Crippen molar-refractivity contribution in [1.29, 1.82) is 0 Å². The lowest BCUT2D eigenvalue weighted by Gasteiger charge is -2.37. The monoisotopic (exact) mass is 256 g/mol. The lowest BCUT2D eigenvalue weighted by molar-refractivity contribution is -0.0266. The van der Waals surface area contributed by atoms with Gasteiger partial charge in [0.25, 0.3) is 0 Å². The molecule has 96 valence electrons. The van der Waals surface area contributed by atoms with Crippen LogP contribution in [0.1, 0.15) is 23.5 Å². The van der Waals surface area contributed by atoms with Gasteiger partial charge in [-0.2, -0.15) is 0 Å². The van der Waals surface area contributed by atoms with Crippen molar-refractivity contribution in [3.05, 3.63) is 47.5 Å².